The first-order valence-corrected chi connectivity index (χ1v) is 6.59. The molecular formula is C14H20N2O3. The zero-order chi connectivity index (χ0) is 13.5. The van der Waals surface area contributed by atoms with Crippen LogP contribution in [-0.2, 0) is 11.3 Å². The third-order valence-electron chi connectivity index (χ3n) is 3.29. The summed E-state index contributed by atoms with van der Waals surface area (Å²) in [6.45, 7) is 2.25. The summed E-state index contributed by atoms with van der Waals surface area (Å²) in [5, 5.41) is 15.6. The van der Waals surface area contributed by atoms with Crippen molar-refractivity contribution in [1.82, 2.24) is 10.6 Å². The lowest BCUT2D eigenvalue weighted by atomic mass is 9.96. The Balaban J connectivity index is 1.67. The Labute approximate surface area is 113 Å². The Morgan fingerprint density at radius 1 is 1.42 bits per heavy atom. The number of aliphatic hydroxyl groups excluding tert-OH is 1. The zero-order valence-corrected chi connectivity index (χ0v) is 10.8. The van der Waals surface area contributed by atoms with E-state index in [0.717, 1.165) is 25.1 Å². The molecule has 1 aromatic carbocycles. The van der Waals surface area contributed by atoms with E-state index < -0.39 is 6.09 Å². The van der Waals surface area contributed by atoms with E-state index in [2.05, 4.69) is 10.6 Å². The predicted molar refractivity (Wildman–Crippen MR) is 71.6 cm³/mol. The maximum atomic E-state index is 11.5. The second kappa shape index (κ2) is 7.11. The molecule has 5 nitrogen and oxygen atoms in total. The van der Waals surface area contributed by atoms with Crippen LogP contribution in [0.15, 0.2) is 30.3 Å². The minimum atomic E-state index is -0.443. The summed E-state index contributed by atoms with van der Waals surface area (Å²) in [6.07, 6.45) is -0.0666. The van der Waals surface area contributed by atoms with Crippen molar-refractivity contribution in [2.75, 3.05) is 19.6 Å². The molecule has 2 rings (SSSR count). The van der Waals surface area contributed by atoms with Crippen LogP contribution in [0.5, 0.6) is 0 Å². The van der Waals surface area contributed by atoms with Gasteiger partial charge in [0.05, 0.1) is 6.10 Å². The Morgan fingerprint density at radius 3 is 2.95 bits per heavy atom. The van der Waals surface area contributed by atoms with Crippen LogP contribution in [0.25, 0.3) is 0 Å². The third kappa shape index (κ3) is 4.54. The maximum Gasteiger partial charge on any atom is 0.407 e. The smallest absolute Gasteiger partial charge is 0.407 e. The molecule has 1 heterocycles. The molecular weight excluding hydrogens is 244 g/mol. The van der Waals surface area contributed by atoms with Crippen molar-refractivity contribution in [3.63, 3.8) is 0 Å². The number of hydrogen-bond donors (Lipinski definition) is 3. The molecule has 1 aromatic rings. The number of ether oxygens (including phenoxy) is 1. The lowest BCUT2D eigenvalue weighted by molar-refractivity contribution is 0.0758. The van der Waals surface area contributed by atoms with Crippen LogP contribution in [0.1, 0.15) is 12.0 Å². The lowest BCUT2D eigenvalue weighted by Crippen LogP contribution is -2.45. The standard InChI is InChI=1S/C14H20N2O3/c17-13-6-7-15-8-12(13)9-16-14(18)19-10-11-4-2-1-3-5-11/h1-5,12-13,15,17H,6-10H2,(H,16,18)/t12-,13-/m0/s1. The molecule has 2 atom stereocenters. The minimum Gasteiger partial charge on any atom is -0.445 e. The Hall–Kier alpha value is -1.59. The number of piperidine rings is 1. The summed E-state index contributed by atoms with van der Waals surface area (Å²) in [7, 11) is 0. The summed E-state index contributed by atoms with van der Waals surface area (Å²) >= 11 is 0. The minimum absolute atomic E-state index is 0.0537. The highest BCUT2D eigenvalue weighted by molar-refractivity contribution is 5.67. The number of aliphatic hydroxyl groups is 1. The molecule has 0 saturated carbocycles. The molecule has 1 fully saturated rings. The molecule has 0 spiro atoms. The Bertz CT molecular complexity index is 397. The van der Waals surface area contributed by atoms with E-state index in [0.29, 0.717) is 6.54 Å². The number of amides is 1. The van der Waals surface area contributed by atoms with Gasteiger partial charge in [-0.3, -0.25) is 0 Å². The molecule has 104 valence electrons. The topological polar surface area (TPSA) is 70.6 Å². The molecule has 0 aromatic heterocycles. The molecule has 1 aliphatic heterocycles. The van der Waals surface area contributed by atoms with Crippen LogP contribution >= 0.6 is 0 Å². The van der Waals surface area contributed by atoms with Crippen molar-refractivity contribution in [3.8, 4) is 0 Å². The summed E-state index contributed by atoms with van der Waals surface area (Å²) in [4.78, 5) is 11.5. The highest BCUT2D eigenvalue weighted by Gasteiger charge is 2.23. The van der Waals surface area contributed by atoms with E-state index in [1.165, 1.54) is 0 Å². The van der Waals surface area contributed by atoms with E-state index in [9.17, 15) is 9.90 Å². The summed E-state index contributed by atoms with van der Waals surface area (Å²) in [5.74, 6) is 0.0537. The van der Waals surface area contributed by atoms with Gasteiger partial charge in [0.25, 0.3) is 0 Å². The fraction of sp³-hybridized carbons (Fsp3) is 0.500. The number of rotatable bonds is 4. The first kappa shape index (κ1) is 13.8. The molecule has 1 saturated heterocycles. The van der Waals surface area contributed by atoms with Gasteiger partial charge in [0.1, 0.15) is 6.61 Å². The van der Waals surface area contributed by atoms with Crippen molar-refractivity contribution in [2.45, 2.75) is 19.1 Å². The van der Waals surface area contributed by atoms with Crippen molar-refractivity contribution >= 4 is 6.09 Å². The average Bonchev–Trinajstić information content (AvgIpc) is 2.45. The van der Waals surface area contributed by atoms with Gasteiger partial charge in [-0.15, -0.1) is 0 Å². The second-order valence-electron chi connectivity index (χ2n) is 4.76. The highest BCUT2D eigenvalue weighted by Crippen LogP contribution is 2.10. The molecule has 0 aliphatic carbocycles. The van der Waals surface area contributed by atoms with Gasteiger partial charge in [-0.25, -0.2) is 4.79 Å². The fourth-order valence-corrected chi connectivity index (χ4v) is 2.11. The Kier molecular flexibility index (Phi) is 5.18. The van der Waals surface area contributed by atoms with Crippen molar-refractivity contribution < 1.29 is 14.6 Å². The van der Waals surface area contributed by atoms with Crippen LogP contribution < -0.4 is 10.6 Å². The molecule has 19 heavy (non-hydrogen) atoms. The highest BCUT2D eigenvalue weighted by atomic mass is 16.5. The van der Waals surface area contributed by atoms with Gasteiger partial charge in [-0.1, -0.05) is 30.3 Å². The average molecular weight is 264 g/mol. The molecule has 0 bridgehead atoms. The van der Waals surface area contributed by atoms with Crippen LogP contribution in [0.3, 0.4) is 0 Å². The van der Waals surface area contributed by atoms with Crippen molar-refractivity contribution in [1.29, 1.82) is 0 Å². The van der Waals surface area contributed by atoms with Gasteiger partial charge >= 0.3 is 6.09 Å². The van der Waals surface area contributed by atoms with E-state index >= 15 is 0 Å². The van der Waals surface area contributed by atoms with Gasteiger partial charge in [-0.05, 0) is 18.5 Å². The normalized spacial score (nSPS) is 22.8. The maximum absolute atomic E-state index is 11.5. The fourth-order valence-electron chi connectivity index (χ4n) is 2.11. The SMILES string of the molecule is O=C(NC[C@@H]1CNCC[C@@H]1O)OCc1ccccc1. The molecule has 0 unspecified atom stereocenters. The number of benzene rings is 1. The van der Waals surface area contributed by atoms with Crippen molar-refractivity contribution in [3.05, 3.63) is 35.9 Å². The van der Waals surface area contributed by atoms with Crippen LogP contribution in [-0.4, -0.2) is 36.9 Å². The Morgan fingerprint density at radius 2 is 2.21 bits per heavy atom. The van der Waals surface area contributed by atoms with E-state index in [1.54, 1.807) is 0 Å². The lowest BCUT2D eigenvalue weighted by Gasteiger charge is -2.28. The molecule has 3 N–H and O–H groups in total. The van der Waals surface area contributed by atoms with Gasteiger partial charge in [0.2, 0.25) is 0 Å². The quantitative estimate of drug-likeness (QED) is 0.755. The molecule has 5 heteroatoms. The monoisotopic (exact) mass is 264 g/mol. The van der Waals surface area contributed by atoms with E-state index in [1.807, 2.05) is 30.3 Å². The molecule has 1 aliphatic rings. The first-order chi connectivity index (χ1) is 9.25. The summed E-state index contributed by atoms with van der Waals surface area (Å²) in [6, 6.07) is 9.53. The first-order valence-electron chi connectivity index (χ1n) is 6.59. The van der Waals surface area contributed by atoms with Crippen LogP contribution in [0, 0.1) is 5.92 Å². The van der Waals surface area contributed by atoms with Gasteiger partial charge in [0, 0.05) is 19.0 Å². The van der Waals surface area contributed by atoms with Crippen LogP contribution in [0.4, 0.5) is 4.79 Å². The van der Waals surface area contributed by atoms with E-state index in [-0.39, 0.29) is 18.6 Å². The molecule has 0 radical (unpaired) electrons. The van der Waals surface area contributed by atoms with Gasteiger partial charge in [-0.2, -0.15) is 0 Å². The van der Waals surface area contributed by atoms with E-state index in [4.69, 9.17) is 4.74 Å². The number of carbonyl (C=O) groups excluding carboxylic acids is 1. The zero-order valence-electron chi connectivity index (χ0n) is 10.8. The van der Waals surface area contributed by atoms with Crippen molar-refractivity contribution in [2.24, 2.45) is 5.92 Å². The summed E-state index contributed by atoms with van der Waals surface area (Å²) in [5.41, 5.74) is 0.956. The largest absolute Gasteiger partial charge is 0.445 e. The predicted octanol–water partition coefficient (Wildman–Crippen LogP) is 0.883. The number of nitrogens with one attached hydrogen (secondary N) is 2. The number of alkyl carbamates (subject to hydrolysis) is 1. The number of carbonyl (C=O) groups is 1. The third-order valence-corrected chi connectivity index (χ3v) is 3.29. The number of hydrogen-bond acceptors (Lipinski definition) is 4. The second-order valence-corrected chi connectivity index (χ2v) is 4.76. The molecule has 1 amide bonds. The van der Waals surface area contributed by atoms with Gasteiger partial charge in [0.15, 0.2) is 0 Å². The van der Waals surface area contributed by atoms with Gasteiger partial charge < -0.3 is 20.5 Å². The van der Waals surface area contributed by atoms with Crippen LogP contribution in [0.2, 0.25) is 0 Å². The summed E-state index contributed by atoms with van der Waals surface area (Å²) < 4.78 is 5.10.